The average molecular weight is 169 g/mol. The van der Waals surface area contributed by atoms with Gasteiger partial charge in [0, 0.05) is 5.69 Å². The Balaban J connectivity index is 2.82. The van der Waals surface area contributed by atoms with E-state index in [9.17, 15) is 9.13 Å². The third kappa shape index (κ3) is 2.56. The van der Waals surface area contributed by atoms with Crippen LogP contribution >= 0.6 is 7.83 Å². The van der Waals surface area contributed by atoms with E-state index in [-0.39, 0.29) is 0 Å². The Bertz CT molecular complexity index is 295. The third-order valence-corrected chi connectivity index (χ3v) is 1.71. The van der Waals surface area contributed by atoms with Gasteiger partial charge in [-0.25, -0.2) is 9.13 Å². The molecular weight excluding hydrogens is 161 g/mol. The van der Waals surface area contributed by atoms with Crippen molar-refractivity contribution in [1.29, 1.82) is 0 Å². The van der Waals surface area contributed by atoms with Crippen LogP contribution in [0.15, 0.2) is 24.3 Å². The first-order chi connectivity index (χ1) is 5.18. The molecule has 0 aliphatic carbocycles. The smallest absolute Gasteiger partial charge is 0.281 e. The van der Waals surface area contributed by atoms with Gasteiger partial charge in [-0.05, 0) is 19.1 Å². The highest BCUT2D eigenvalue weighted by atomic mass is 31.1. The molecule has 1 aromatic rings. The van der Waals surface area contributed by atoms with Crippen molar-refractivity contribution in [3.05, 3.63) is 29.8 Å². The second-order valence-electron chi connectivity index (χ2n) is 2.23. The van der Waals surface area contributed by atoms with Crippen molar-refractivity contribution < 1.29 is 9.13 Å². The van der Waals surface area contributed by atoms with Crippen molar-refractivity contribution in [2.24, 2.45) is 0 Å². The minimum Gasteiger partial charge on any atom is -0.281 e. The summed E-state index contributed by atoms with van der Waals surface area (Å²) in [5, 5.41) is 2.29. The predicted molar refractivity (Wildman–Crippen MR) is 43.1 cm³/mol. The summed E-state index contributed by atoms with van der Waals surface area (Å²) in [6.07, 6.45) is 0. The molecule has 0 spiro atoms. The fraction of sp³-hybridized carbons (Fsp3) is 0.143. The Morgan fingerprint density at radius 3 is 2.18 bits per heavy atom. The van der Waals surface area contributed by atoms with E-state index in [4.69, 9.17) is 0 Å². The number of hydrogen-bond acceptors (Lipinski definition) is 2. The van der Waals surface area contributed by atoms with Crippen LogP contribution in [0.25, 0.3) is 0 Å². The van der Waals surface area contributed by atoms with Crippen LogP contribution in [-0.4, -0.2) is 0 Å². The number of rotatable bonds is 2. The Labute approximate surface area is 65.3 Å². The van der Waals surface area contributed by atoms with Gasteiger partial charge in [0.15, 0.2) is 0 Å². The van der Waals surface area contributed by atoms with Gasteiger partial charge in [0.05, 0.1) is 0 Å². The van der Waals surface area contributed by atoms with Gasteiger partial charge in [-0.15, -0.1) is 0 Å². The number of anilines is 1. The second kappa shape index (κ2) is 3.35. The van der Waals surface area contributed by atoms with Gasteiger partial charge in [0.25, 0.3) is 0 Å². The summed E-state index contributed by atoms with van der Waals surface area (Å²) < 4.78 is 20.4. The molecule has 0 aromatic heterocycles. The molecule has 0 amide bonds. The molecule has 0 heterocycles. The summed E-state index contributed by atoms with van der Waals surface area (Å²) >= 11 is 0. The van der Waals surface area contributed by atoms with E-state index in [0.717, 1.165) is 5.56 Å². The number of hydrogen-bond donors (Lipinski definition) is 1. The highest BCUT2D eigenvalue weighted by Gasteiger charge is 1.91. The molecule has 0 radical (unpaired) electrons. The van der Waals surface area contributed by atoms with E-state index >= 15 is 0 Å². The maximum Gasteiger partial charge on any atom is 0.424 e. The van der Waals surface area contributed by atoms with Gasteiger partial charge < -0.3 is 0 Å². The summed E-state index contributed by atoms with van der Waals surface area (Å²) in [4.78, 5) is 0. The zero-order valence-corrected chi connectivity index (χ0v) is 6.97. The van der Waals surface area contributed by atoms with Crippen molar-refractivity contribution in [1.82, 2.24) is 0 Å². The van der Waals surface area contributed by atoms with Crippen molar-refractivity contribution in [2.45, 2.75) is 6.92 Å². The minimum absolute atomic E-state index is 0.603. The minimum atomic E-state index is -2.54. The highest BCUT2D eigenvalue weighted by Crippen LogP contribution is 2.14. The maximum absolute atomic E-state index is 10.2. The lowest BCUT2D eigenvalue weighted by Crippen LogP contribution is -1.80. The van der Waals surface area contributed by atoms with E-state index in [1.807, 2.05) is 19.1 Å². The molecule has 58 valence electrons. The van der Waals surface area contributed by atoms with E-state index in [1.54, 1.807) is 12.1 Å². The van der Waals surface area contributed by atoms with Crippen LogP contribution in [0.4, 0.5) is 5.69 Å². The average Bonchev–Trinajstić information content (AvgIpc) is 1.93. The summed E-state index contributed by atoms with van der Waals surface area (Å²) in [6, 6.07) is 7.14. The number of nitrogens with one attached hydrogen (secondary N) is 1. The molecule has 1 aromatic carbocycles. The van der Waals surface area contributed by atoms with E-state index in [1.165, 1.54) is 0 Å². The van der Waals surface area contributed by atoms with Gasteiger partial charge in [-0.1, -0.05) is 17.7 Å². The zero-order chi connectivity index (χ0) is 8.27. The summed E-state index contributed by atoms with van der Waals surface area (Å²) in [5.74, 6) is 0. The zero-order valence-electron chi connectivity index (χ0n) is 6.07. The summed E-state index contributed by atoms with van der Waals surface area (Å²) in [6.45, 7) is 1.95. The van der Waals surface area contributed by atoms with Crippen molar-refractivity contribution in [3.8, 4) is 0 Å². The molecule has 3 nitrogen and oxygen atoms in total. The number of benzene rings is 1. The molecule has 0 bridgehead atoms. The van der Waals surface area contributed by atoms with Crippen molar-refractivity contribution >= 4 is 13.5 Å². The van der Waals surface area contributed by atoms with Gasteiger partial charge in [0.1, 0.15) is 0 Å². The molecule has 0 saturated carbocycles. The Kier molecular flexibility index (Phi) is 2.44. The lowest BCUT2D eigenvalue weighted by molar-refractivity contribution is 0.519. The molecule has 0 saturated heterocycles. The Morgan fingerprint density at radius 2 is 1.73 bits per heavy atom. The molecule has 1 N–H and O–H groups in total. The van der Waals surface area contributed by atoms with Crippen LogP contribution in [0.1, 0.15) is 5.56 Å². The van der Waals surface area contributed by atoms with E-state index in [0.29, 0.717) is 5.69 Å². The first-order valence-corrected chi connectivity index (χ1v) is 4.34. The monoisotopic (exact) mass is 169 g/mol. The normalized spacial score (nSPS) is 9.18. The van der Waals surface area contributed by atoms with E-state index in [2.05, 4.69) is 5.09 Å². The van der Waals surface area contributed by atoms with Crippen LogP contribution in [0.5, 0.6) is 0 Å². The van der Waals surface area contributed by atoms with Crippen LogP contribution in [0.2, 0.25) is 0 Å². The molecular formula is C7H8NO2P. The first-order valence-electron chi connectivity index (χ1n) is 3.16. The van der Waals surface area contributed by atoms with Gasteiger partial charge >= 0.3 is 7.83 Å². The molecule has 0 fully saturated rings. The molecule has 0 aliphatic heterocycles. The molecule has 0 aliphatic rings. The molecule has 0 atom stereocenters. The van der Waals surface area contributed by atoms with Crippen LogP contribution in [0, 0.1) is 6.92 Å². The third-order valence-electron chi connectivity index (χ3n) is 1.27. The Morgan fingerprint density at radius 1 is 1.18 bits per heavy atom. The quantitative estimate of drug-likeness (QED) is 0.691. The Hall–Kier alpha value is -1.08. The SMILES string of the molecule is Cc1ccc(NP(=O)=O)cc1. The summed E-state index contributed by atoms with van der Waals surface area (Å²) in [7, 11) is -2.54. The largest absolute Gasteiger partial charge is 0.424 e. The fourth-order valence-corrected chi connectivity index (χ4v) is 1.09. The van der Waals surface area contributed by atoms with Crippen molar-refractivity contribution in [3.63, 3.8) is 0 Å². The van der Waals surface area contributed by atoms with Crippen LogP contribution in [0.3, 0.4) is 0 Å². The predicted octanol–water partition coefficient (Wildman–Crippen LogP) is 2.49. The second-order valence-corrected chi connectivity index (χ2v) is 2.97. The van der Waals surface area contributed by atoms with Gasteiger partial charge in [-0.3, -0.25) is 5.09 Å². The maximum atomic E-state index is 10.2. The topological polar surface area (TPSA) is 46.2 Å². The molecule has 0 unspecified atom stereocenters. The standard InChI is InChI=1S/C7H8NO2P/c1-6-2-4-7(5-3-6)8-11(9)10/h2-5H,1H3,(H,8,9,10). The fourth-order valence-electron chi connectivity index (χ4n) is 0.734. The molecule has 4 heteroatoms. The molecule has 1 rings (SSSR count). The van der Waals surface area contributed by atoms with Crippen LogP contribution in [-0.2, 0) is 9.13 Å². The highest BCUT2D eigenvalue weighted by molar-refractivity contribution is 7.32. The van der Waals surface area contributed by atoms with Gasteiger partial charge in [-0.2, -0.15) is 0 Å². The van der Waals surface area contributed by atoms with E-state index < -0.39 is 7.83 Å². The number of aryl methyl sites for hydroxylation is 1. The van der Waals surface area contributed by atoms with Crippen molar-refractivity contribution in [2.75, 3.05) is 5.09 Å². The van der Waals surface area contributed by atoms with Crippen LogP contribution < -0.4 is 5.09 Å². The lowest BCUT2D eigenvalue weighted by Gasteiger charge is -1.95. The first kappa shape index (κ1) is 8.02. The lowest BCUT2D eigenvalue weighted by atomic mass is 10.2. The molecule has 11 heavy (non-hydrogen) atoms. The van der Waals surface area contributed by atoms with Gasteiger partial charge in [0.2, 0.25) is 0 Å². The summed E-state index contributed by atoms with van der Waals surface area (Å²) in [5.41, 5.74) is 1.71.